The molecule has 5 heteroatoms. The molecule has 1 fully saturated rings. The molecule has 1 aliphatic heterocycles. The highest BCUT2D eigenvalue weighted by Crippen LogP contribution is 2.39. The summed E-state index contributed by atoms with van der Waals surface area (Å²) in [4.78, 5) is 13.9. The van der Waals surface area contributed by atoms with Gasteiger partial charge in [0, 0.05) is 24.2 Å². The maximum Gasteiger partial charge on any atom is 0.258 e. The Morgan fingerprint density at radius 2 is 1.62 bits per heavy atom. The molecule has 152 valence electrons. The lowest BCUT2D eigenvalue weighted by molar-refractivity contribution is 0.0996. The number of anilines is 1. The molecular weight excluding hydrogens is 360 g/mol. The van der Waals surface area contributed by atoms with Gasteiger partial charge in [0.05, 0.1) is 6.54 Å². The summed E-state index contributed by atoms with van der Waals surface area (Å²) < 4.78 is 2.02. The van der Waals surface area contributed by atoms with Gasteiger partial charge in [0.2, 0.25) is 0 Å². The second kappa shape index (κ2) is 9.50. The highest BCUT2D eigenvalue weighted by Gasteiger charge is 2.30. The Bertz CT molecular complexity index is 929. The van der Waals surface area contributed by atoms with E-state index in [1.165, 1.54) is 12.8 Å². The summed E-state index contributed by atoms with van der Waals surface area (Å²) in [7, 11) is 2.01. The van der Waals surface area contributed by atoms with Crippen LogP contribution in [-0.2, 0) is 13.6 Å². The quantitative estimate of drug-likeness (QED) is 0.604. The Labute approximate surface area is 173 Å². The molecule has 0 spiro atoms. The fourth-order valence-electron chi connectivity index (χ4n) is 3.85. The minimum absolute atomic E-state index is 0.0989. The first-order valence-electron chi connectivity index (χ1n) is 10.4. The number of carbonyl (C=O) groups is 1. The van der Waals surface area contributed by atoms with Crippen molar-refractivity contribution >= 4 is 11.6 Å². The molecule has 0 atom stereocenters. The van der Waals surface area contributed by atoms with Gasteiger partial charge in [-0.15, -0.1) is 10.2 Å². The lowest BCUT2D eigenvalue weighted by Gasteiger charge is -2.31. The summed E-state index contributed by atoms with van der Waals surface area (Å²) in [5, 5.41) is 7.95. The second-order valence-corrected chi connectivity index (χ2v) is 7.46. The number of fused-ring (bicyclic) bond motifs is 1. The molecule has 5 nitrogen and oxygen atoms in total. The monoisotopic (exact) mass is 390 g/mol. The summed E-state index contributed by atoms with van der Waals surface area (Å²) in [5.74, 6) is 2.82. The van der Waals surface area contributed by atoms with E-state index in [1.54, 1.807) is 6.33 Å². The van der Waals surface area contributed by atoms with Crippen molar-refractivity contribution in [2.45, 2.75) is 46.1 Å². The number of hydrogen-bond acceptors (Lipinski definition) is 3. The summed E-state index contributed by atoms with van der Waals surface area (Å²) in [6.45, 7) is 6.96. The fraction of sp³-hybridized carbons (Fsp3) is 0.375. The molecule has 2 heterocycles. The second-order valence-electron chi connectivity index (χ2n) is 7.46. The molecule has 0 N–H and O–H groups in total. The number of amides is 1. The highest BCUT2D eigenvalue weighted by molar-refractivity contribution is 6.09. The van der Waals surface area contributed by atoms with Crippen LogP contribution in [0.25, 0.3) is 0 Å². The van der Waals surface area contributed by atoms with Gasteiger partial charge in [-0.3, -0.25) is 4.79 Å². The molecule has 1 aliphatic carbocycles. The molecule has 1 saturated carbocycles. The predicted octanol–water partition coefficient (Wildman–Crippen LogP) is 5.20. The van der Waals surface area contributed by atoms with Crippen LogP contribution in [-0.4, -0.2) is 20.7 Å². The van der Waals surface area contributed by atoms with Crippen molar-refractivity contribution in [2.75, 3.05) is 4.90 Å². The first kappa shape index (κ1) is 20.8. The van der Waals surface area contributed by atoms with E-state index in [0.29, 0.717) is 12.5 Å². The Kier molecular flexibility index (Phi) is 6.81. The molecule has 2 aromatic carbocycles. The van der Waals surface area contributed by atoms with Crippen LogP contribution in [0.3, 0.4) is 0 Å². The average molecular weight is 391 g/mol. The molecule has 29 heavy (non-hydrogen) atoms. The lowest BCUT2D eigenvalue weighted by atomic mass is 9.76. The van der Waals surface area contributed by atoms with E-state index in [4.69, 9.17) is 0 Å². The zero-order chi connectivity index (χ0) is 20.8. The van der Waals surface area contributed by atoms with Crippen molar-refractivity contribution in [3.8, 4) is 0 Å². The van der Waals surface area contributed by atoms with E-state index in [2.05, 4.69) is 17.1 Å². The van der Waals surface area contributed by atoms with Gasteiger partial charge in [-0.2, -0.15) is 0 Å². The SMILES string of the molecule is CC.CC1CC(c2nncn2C)C1.O=C1c2ccccc2CN1c1ccccc1. The molecule has 0 saturated heterocycles. The molecule has 0 unspecified atom stereocenters. The van der Waals surface area contributed by atoms with Crippen LogP contribution in [0.2, 0.25) is 0 Å². The number of rotatable bonds is 2. The fourth-order valence-corrected chi connectivity index (χ4v) is 3.85. The van der Waals surface area contributed by atoms with Crippen LogP contribution in [0.5, 0.6) is 0 Å². The van der Waals surface area contributed by atoms with Crippen LogP contribution >= 0.6 is 0 Å². The zero-order valence-corrected chi connectivity index (χ0v) is 17.7. The Morgan fingerprint density at radius 3 is 2.21 bits per heavy atom. The molecule has 3 aromatic rings. The van der Waals surface area contributed by atoms with Crippen LogP contribution in [0.15, 0.2) is 60.9 Å². The third-order valence-electron chi connectivity index (χ3n) is 5.37. The Morgan fingerprint density at radius 1 is 0.966 bits per heavy atom. The van der Waals surface area contributed by atoms with Crippen molar-refractivity contribution in [3.05, 3.63) is 77.9 Å². The third-order valence-corrected chi connectivity index (χ3v) is 5.37. The van der Waals surface area contributed by atoms with Gasteiger partial charge in [0.1, 0.15) is 12.2 Å². The van der Waals surface area contributed by atoms with Crippen molar-refractivity contribution in [2.24, 2.45) is 13.0 Å². The Balaban J connectivity index is 0.000000162. The van der Waals surface area contributed by atoms with Crippen LogP contribution in [0.1, 0.15) is 61.3 Å². The third kappa shape index (κ3) is 4.56. The largest absolute Gasteiger partial charge is 0.320 e. The molecule has 0 bridgehead atoms. The van der Waals surface area contributed by atoms with Crippen molar-refractivity contribution in [1.82, 2.24) is 14.8 Å². The van der Waals surface area contributed by atoms with Gasteiger partial charge in [-0.05, 0) is 42.5 Å². The van der Waals surface area contributed by atoms with Gasteiger partial charge in [0.25, 0.3) is 5.91 Å². The summed E-state index contributed by atoms with van der Waals surface area (Å²) >= 11 is 0. The van der Waals surface area contributed by atoms with Gasteiger partial charge in [0.15, 0.2) is 0 Å². The standard InChI is InChI=1S/C14H11NO.C8H13N3.C2H6/c16-14-13-9-5-4-6-11(13)10-15(14)12-7-2-1-3-8-12;1-6-3-7(4-6)8-10-9-5-11(8)2;1-2/h1-9H,10H2;5-7H,3-4H2,1-2H3;1-2H3. The van der Waals surface area contributed by atoms with Crippen LogP contribution < -0.4 is 4.90 Å². The Hall–Kier alpha value is -2.95. The van der Waals surface area contributed by atoms with E-state index in [0.717, 1.165) is 28.6 Å². The highest BCUT2D eigenvalue weighted by atomic mass is 16.2. The summed E-state index contributed by atoms with van der Waals surface area (Å²) in [6.07, 6.45) is 4.34. The summed E-state index contributed by atoms with van der Waals surface area (Å²) in [5.41, 5.74) is 2.89. The molecular formula is C24H30N4O. The van der Waals surface area contributed by atoms with Crippen molar-refractivity contribution < 1.29 is 4.79 Å². The number of carbonyl (C=O) groups excluding carboxylic acids is 1. The van der Waals surface area contributed by atoms with E-state index in [-0.39, 0.29) is 5.91 Å². The number of para-hydroxylation sites is 1. The normalized spacial score (nSPS) is 19.3. The van der Waals surface area contributed by atoms with E-state index in [9.17, 15) is 4.79 Å². The van der Waals surface area contributed by atoms with E-state index >= 15 is 0 Å². The minimum atomic E-state index is 0.0989. The van der Waals surface area contributed by atoms with Gasteiger partial charge in [-0.1, -0.05) is 57.2 Å². The smallest absolute Gasteiger partial charge is 0.258 e. The number of hydrogen-bond donors (Lipinski definition) is 0. The number of benzene rings is 2. The van der Waals surface area contributed by atoms with Crippen molar-refractivity contribution in [1.29, 1.82) is 0 Å². The number of aryl methyl sites for hydroxylation is 1. The van der Waals surface area contributed by atoms with Crippen LogP contribution in [0.4, 0.5) is 5.69 Å². The number of aromatic nitrogens is 3. The first-order chi connectivity index (χ1) is 14.1. The maximum absolute atomic E-state index is 12.1. The topological polar surface area (TPSA) is 51.0 Å². The van der Waals surface area contributed by atoms with Gasteiger partial charge in [-0.25, -0.2) is 0 Å². The maximum atomic E-state index is 12.1. The molecule has 0 radical (unpaired) electrons. The van der Waals surface area contributed by atoms with Crippen LogP contribution in [0, 0.1) is 5.92 Å². The molecule has 2 aliphatic rings. The zero-order valence-electron chi connectivity index (χ0n) is 17.7. The molecule has 1 aromatic heterocycles. The molecule has 1 amide bonds. The average Bonchev–Trinajstić information content (AvgIpc) is 3.32. The molecule has 5 rings (SSSR count). The van der Waals surface area contributed by atoms with Crippen molar-refractivity contribution in [3.63, 3.8) is 0 Å². The van der Waals surface area contributed by atoms with E-state index in [1.807, 2.05) is 85.0 Å². The first-order valence-corrected chi connectivity index (χ1v) is 10.4. The summed E-state index contributed by atoms with van der Waals surface area (Å²) in [6, 6.07) is 17.6. The number of nitrogens with zero attached hydrogens (tertiary/aromatic N) is 4. The predicted molar refractivity (Wildman–Crippen MR) is 117 cm³/mol. The van der Waals surface area contributed by atoms with Gasteiger partial charge < -0.3 is 9.47 Å². The van der Waals surface area contributed by atoms with Gasteiger partial charge >= 0.3 is 0 Å². The van der Waals surface area contributed by atoms with E-state index < -0.39 is 0 Å². The lowest BCUT2D eigenvalue weighted by Crippen LogP contribution is -2.22. The minimum Gasteiger partial charge on any atom is -0.320 e.